The summed E-state index contributed by atoms with van der Waals surface area (Å²) in [7, 11) is 0. The number of halogens is 1. The van der Waals surface area contributed by atoms with E-state index >= 15 is 0 Å². The van der Waals surface area contributed by atoms with Crippen molar-refractivity contribution in [3.8, 4) is 0 Å². The fourth-order valence-electron chi connectivity index (χ4n) is 2.36. The van der Waals surface area contributed by atoms with E-state index in [1.54, 1.807) is 0 Å². The molecule has 3 atom stereocenters. The molecule has 0 aromatic heterocycles. The number of rotatable bonds is 2. The smallest absolute Gasteiger partial charge is 0.253 e. The predicted octanol–water partition coefficient (Wildman–Crippen LogP) is 0.422. The highest BCUT2D eigenvalue weighted by atomic mass is 35.5. The van der Waals surface area contributed by atoms with E-state index in [4.69, 9.17) is 9.47 Å². The van der Waals surface area contributed by atoms with Crippen LogP contribution in [0.5, 0.6) is 0 Å². The molecule has 1 amide bonds. The number of carbonyl (C=O) groups excluding carboxylic acids is 1. The molecule has 0 bridgehead atoms. The van der Waals surface area contributed by atoms with Crippen molar-refractivity contribution >= 4 is 18.3 Å². The summed E-state index contributed by atoms with van der Waals surface area (Å²) in [6, 6.07) is 0.198. The van der Waals surface area contributed by atoms with Crippen LogP contribution in [0.1, 0.15) is 20.3 Å². The Morgan fingerprint density at radius 2 is 2.22 bits per heavy atom. The second kappa shape index (κ2) is 7.28. The fraction of sp³-hybridized carbons (Fsp3) is 0.917. The number of nitrogens with zero attached hydrogens (tertiary/aromatic N) is 1. The molecule has 106 valence electrons. The van der Waals surface area contributed by atoms with E-state index in [0.717, 1.165) is 13.0 Å². The van der Waals surface area contributed by atoms with E-state index < -0.39 is 0 Å². The van der Waals surface area contributed by atoms with Crippen LogP contribution < -0.4 is 5.32 Å². The molecule has 2 rings (SSSR count). The van der Waals surface area contributed by atoms with E-state index in [1.807, 2.05) is 11.8 Å². The topological polar surface area (TPSA) is 50.8 Å². The van der Waals surface area contributed by atoms with Crippen molar-refractivity contribution in [2.75, 3.05) is 32.8 Å². The monoisotopic (exact) mass is 278 g/mol. The molecule has 6 heteroatoms. The average molecular weight is 279 g/mol. The lowest BCUT2D eigenvalue weighted by Crippen LogP contribution is -2.57. The fourth-order valence-corrected chi connectivity index (χ4v) is 2.36. The van der Waals surface area contributed by atoms with Gasteiger partial charge >= 0.3 is 0 Å². The standard InChI is InChI=1S/C12H22N2O3.ClH/c1-3-10-8-17-9(2)7-14(10)12(15)11-6-13-4-5-16-11;/h9-11,13H,3-8H2,1-2H3;1H. The van der Waals surface area contributed by atoms with Gasteiger partial charge in [-0.2, -0.15) is 0 Å². The molecule has 1 N–H and O–H groups in total. The number of carbonyl (C=O) groups is 1. The van der Waals surface area contributed by atoms with Crippen LogP contribution in [0, 0.1) is 0 Å². The summed E-state index contributed by atoms with van der Waals surface area (Å²) in [5.74, 6) is 0.110. The van der Waals surface area contributed by atoms with E-state index in [2.05, 4.69) is 12.2 Å². The third-order valence-electron chi connectivity index (χ3n) is 3.43. The van der Waals surface area contributed by atoms with Gasteiger partial charge < -0.3 is 19.7 Å². The first-order chi connectivity index (χ1) is 8.22. The highest BCUT2D eigenvalue weighted by Gasteiger charge is 2.34. The summed E-state index contributed by atoms with van der Waals surface area (Å²) in [5, 5.41) is 3.20. The van der Waals surface area contributed by atoms with Crippen molar-refractivity contribution in [2.24, 2.45) is 0 Å². The molecule has 2 heterocycles. The summed E-state index contributed by atoms with van der Waals surface area (Å²) < 4.78 is 11.1. The molecule has 2 aliphatic heterocycles. The maximum Gasteiger partial charge on any atom is 0.253 e. The number of nitrogens with one attached hydrogen (secondary N) is 1. The van der Waals surface area contributed by atoms with Gasteiger partial charge in [-0.05, 0) is 13.3 Å². The van der Waals surface area contributed by atoms with Crippen molar-refractivity contribution in [3.63, 3.8) is 0 Å². The van der Waals surface area contributed by atoms with Crippen molar-refractivity contribution in [2.45, 2.75) is 38.5 Å². The zero-order valence-electron chi connectivity index (χ0n) is 11.1. The highest BCUT2D eigenvalue weighted by molar-refractivity contribution is 5.85. The number of amides is 1. The summed E-state index contributed by atoms with van der Waals surface area (Å²) in [6.45, 7) is 7.49. The highest BCUT2D eigenvalue weighted by Crippen LogP contribution is 2.16. The first kappa shape index (κ1) is 15.7. The summed E-state index contributed by atoms with van der Waals surface area (Å²) >= 11 is 0. The van der Waals surface area contributed by atoms with Crippen LogP contribution in [0.25, 0.3) is 0 Å². The minimum absolute atomic E-state index is 0. The van der Waals surface area contributed by atoms with Crippen LogP contribution in [0.3, 0.4) is 0 Å². The molecule has 2 aliphatic rings. The normalized spacial score (nSPS) is 32.8. The summed E-state index contributed by atoms with van der Waals surface area (Å²) in [6.07, 6.45) is 0.736. The van der Waals surface area contributed by atoms with Gasteiger partial charge in [-0.3, -0.25) is 4.79 Å². The number of hydrogen-bond donors (Lipinski definition) is 1. The zero-order chi connectivity index (χ0) is 12.3. The third kappa shape index (κ3) is 3.57. The number of hydrogen-bond acceptors (Lipinski definition) is 4. The molecule has 0 radical (unpaired) electrons. The van der Waals surface area contributed by atoms with Gasteiger partial charge in [-0.25, -0.2) is 0 Å². The molecule has 18 heavy (non-hydrogen) atoms. The molecule has 3 unspecified atom stereocenters. The second-order valence-electron chi connectivity index (χ2n) is 4.76. The Morgan fingerprint density at radius 3 is 2.83 bits per heavy atom. The second-order valence-corrected chi connectivity index (χ2v) is 4.76. The quantitative estimate of drug-likeness (QED) is 0.796. The Labute approximate surface area is 115 Å². The largest absolute Gasteiger partial charge is 0.375 e. The molecule has 5 nitrogen and oxygen atoms in total. The lowest BCUT2D eigenvalue weighted by atomic mass is 10.1. The minimum Gasteiger partial charge on any atom is -0.375 e. The van der Waals surface area contributed by atoms with Gasteiger partial charge in [0.15, 0.2) is 0 Å². The van der Waals surface area contributed by atoms with Gasteiger partial charge in [0.1, 0.15) is 6.10 Å². The van der Waals surface area contributed by atoms with Gasteiger partial charge in [-0.15, -0.1) is 12.4 Å². The van der Waals surface area contributed by atoms with E-state index in [1.165, 1.54) is 0 Å². The molecule has 0 saturated carbocycles. The summed E-state index contributed by atoms with van der Waals surface area (Å²) in [5.41, 5.74) is 0. The SMILES string of the molecule is CCC1COC(C)CN1C(=O)C1CNCCO1.Cl. The molecular formula is C12H23ClN2O3. The summed E-state index contributed by atoms with van der Waals surface area (Å²) in [4.78, 5) is 14.3. The van der Waals surface area contributed by atoms with E-state index in [0.29, 0.717) is 26.3 Å². The van der Waals surface area contributed by atoms with Crippen LogP contribution in [-0.2, 0) is 14.3 Å². The minimum atomic E-state index is -0.317. The average Bonchev–Trinajstić information content (AvgIpc) is 2.39. The first-order valence-corrected chi connectivity index (χ1v) is 6.46. The van der Waals surface area contributed by atoms with Gasteiger partial charge in [0.25, 0.3) is 5.91 Å². The van der Waals surface area contributed by atoms with Gasteiger partial charge in [-0.1, -0.05) is 6.92 Å². The van der Waals surface area contributed by atoms with Gasteiger partial charge in [0.2, 0.25) is 0 Å². The van der Waals surface area contributed by atoms with Gasteiger partial charge in [0.05, 0.1) is 25.4 Å². The maximum absolute atomic E-state index is 12.4. The van der Waals surface area contributed by atoms with Crippen molar-refractivity contribution in [3.05, 3.63) is 0 Å². The lowest BCUT2D eigenvalue weighted by Gasteiger charge is -2.40. The predicted molar refractivity (Wildman–Crippen MR) is 71.1 cm³/mol. The van der Waals surface area contributed by atoms with Gasteiger partial charge in [0, 0.05) is 19.6 Å². The van der Waals surface area contributed by atoms with Crippen molar-refractivity contribution < 1.29 is 14.3 Å². The van der Waals surface area contributed by atoms with Crippen LogP contribution in [0.2, 0.25) is 0 Å². The molecule has 0 aromatic carbocycles. The van der Waals surface area contributed by atoms with Crippen molar-refractivity contribution in [1.29, 1.82) is 0 Å². The number of ether oxygens (including phenoxy) is 2. The van der Waals surface area contributed by atoms with E-state index in [9.17, 15) is 4.79 Å². The molecule has 0 aliphatic carbocycles. The maximum atomic E-state index is 12.4. The Morgan fingerprint density at radius 1 is 1.44 bits per heavy atom. The molecule has 0 aromatic rings. The third-order valence-corrected chi connectivity index (χ3v) is 3.43. The van der Waals surface area contributed by atoms with Crippen LogP contribution in [0.15, 0.2) is 0 Å². The lowest BCUT2D eigenvalue weighted by molar-refractivity contribution is -0.157. The van der Waals surface area contributed by atoms with E-state index in [-0.39, 0.29) is 36.6 Å². The zero-order valence-corrected chi connectivity index (χ0v) is 11.9. The first-order valence-electron chi connectivity index (χ1n) is 6.46. The molecule has 2 saturated heterocycles. The van der Waals surface area contributed by atoms with Crippen LogP contribution in [-0.4, -0.2) is 61.9 Å². The van der Waals surface area contributed by atoms with Crippen LogP contribution >= 0.6 is 12.4 Å². The molecule has 2 fully saturated rings. The number of morpholine rings is 2. The van der Waals surface area contributed by atoms with Crippen molar-refractivity contribution in [1.82, 2.24) is 10.2 Å². The Kier molecular flexibility index (Phi) is 6.35. The Bertz CT molecular complexity index is 272. The molecule has 0 spiro atoms. The van der Waals surface area contributed by atoms with Crippen LogP contribution in [0.4, 0.5) is 0 Å². The molecular weight excluding hydrogens is 256 g/mol. The Hall–Kier alpha value is -0.360. The Balaban J connectivity index is 0.00000162.